The zero-order valence-corrected chi connectivity index (χ0v) is 7.20. The van der Waals surface area contributed by atoms with Crippen molar-refractivity contribution in [1.82, 2.24) is 15.3 Å². The molecule has 13 heavy (non-hydrogen) atoms. The molecule has 1 aliphatic rings. The number of hydrogen-bond donors (Lipinski definition) is 4. The van der Waals surface area contributed by atoms with Crippen LogP contribution in [0.2, 0.25) is 0 Å². The van der Waals surface area contributed by atoms with Crippen LogP contribution in [0.15, 0.2) is 6.33 Å². The van der Waals surface area contributed by atoms with Crippen molar-refractivity contribution in [2.24, 2.45) is 0 Å². The van der Waals surface area contributed by atoms with Crippen LogP contribution in [0.3, 0.4) is 0 Å². The Morgan fingerprint density at radius 1 is 1.46 bits per heavy atom. The normalized spacial score (nSPS) is 27.2. The number of imidazole rings is 1. The molecule has 5 nitrogen and oxygen atoms in total. The molecule has 2 rings (SSSR count). The Morgan fingerprint density at radius 2 is 2.31 bits per heavy atom. The molecule has 2 atom stereocenters. The van der Waals surface area contributed by atoms with Crippen molar-refractivity contribution in [3.8, 4) is 0 Å². The Kier molecular flexibility index (Phi) is 2.30. The van der Waals surface area contributed by atoms with Crippen LogP contribution in [0.5, 0.6) is 0 Å². The molecule has 0 amide bonds. The first kappa shape index (κ1) is 8.68. The van der Waals surface area contributed by atoms with E-state index in [1.165, 1.54) is 0 Å². The van der Waals surface area contributed by atoms with Gasteiger partial charge in [-0.15, -0.1) is 0 Å². The van der Waals surface area contributed by atoms with Gasteiger partial charge in [0, 0.05) is 18.2 Å². The molecule has 72 valence electrons. The summed E-state index contributed by atoms with van der Waals surface area (Å²) in [5.74, 6) is 0. The van der Waals surface area contributed by atoms with E-state index in [1.807, 2.05) is 0 Å². The quantitative estimate of drug-likeness (QED) is 0.471. The fourth-order valence-electron chi connectivity index (χ4n) is 1.72. The molecule has 0 radical (unpaired) electrons. The van der Waals surface area contributed by atoms with Gasteiger partial charge in [0.25, 0.3) is 0 Å². The zero-order valence-electron chi connectivity index (χ0n) is 7.20. The molecule has 0 aliphatic carbocycles. The summed E-state index contributed by atoms with van der Waals surface area (Å²) in [5.41, 5.74) is 1.88. The van der Waals surface area contributed by atoms with Crippen LogP contribution in [0.1, 0.15) is 17.4 Å². The van der Waals surface area contributed by atoms with Crippen LogP contribution in [0, 0.1) is 0 Å². The lowest BCUT2D eigenvalue weighted by Gasteiger charge is -2.27. The molecule has 0 saturated carbocycles. The van der Waals surface area contributed by atoms with Gasteiger partial charge < -0.3 is 20.5 Å². The predicted octanol–water partition coefficient (Wildman–Crippen LogP) is -1.05. The standard InChI is InChI=1S/C8H13N3O2/c12-2-5-1-6-8(10-4-9-6)7(3-13)11-5/h4-5,7,11-13H,1-3H2,(H,9,10). The van der Waals surface area contributed by atoms with E-state index in [0.29, 0.717) is 0 Å². The molecule has 5 heteroatoms. The molecule has 0 saturated heterocycles. The van der Waals surface area contributed by atoms with Gasteiger partial charge in [0.2, 0.25) is 0 Å². The average Bonchev–Trinajstić information content (AvgIpc) is 2.63. The molecule has 0 fully saturated rings. The lowest BCUT2D eigenvalue weighted by Crippen LogP contribution is -2.43. The molecule has 2 unspecified atom stereocenters. The largest absolute Gasteiger partial charge is 0.395 e. The lowest BCUT2D eigenvalue weighted by atomic mass is 10.0. The summed E-state index contributed by atoms with van der Waals surface area (Å²) < 4.78 is 0. The number of hydrogen-bond acceptors (Lipinski definition) is 4. The number of H-pyrrole nitrogens is 1. The maximum Gasteiger partial charge on any atom is 0.0925 e. The molecule has 0 bridgehead atoms. The van der Waals surface area contributed by atoms with Crippen molar-refractivity contribution < 1.29 is 10.2 Å². The topological polar surface area (TPSA) is 81.2 Å². The van der Waals surface area contributed by atoms with Crippen LogP contribution < -0.4 is 5.32 Å². The Morgan fingerprint density at radius 3 is 3.00 bits per heavy atom. The maximum atomic E-state index is 9.07. The Bertz CT molecular complexity index is 287. The molecule has 4 N–H and O–H groups in total. The number of aromatic nitrogens is 2. The van der Waals surface area contributed by atoms with Gasteiger partial charge in [0.1, 0.15) is 0 Å². The first-order valence-corrected chi connectivity index (χ1v) is 4.35. The van der Waals surface area contributed by atoms with Gasteiger partial charge in [0.05, 0.1) is 31.3 Å². The third-order valence-electron chi connectivity index (χ3n) is 2.37. The van der Waals surface area contributed by atoms with Gasteiger partial charge >= 0.3 is 0 Å². The second-order valence-corrected chi connectivity index (χ2v) is 3.25. The summed E-state index contributed by atoms with van der Waals surface area (Å²) >= 11 is 0. The van der Waals surface area contributed by atoms with E-state index in [1.54, 1.807) is 6.33 Å². The smallest absolute Gasteiger partial charge is 0.0925 e. The SMILES string of the molecule is OCC1Cc2[nH]cnc2C(CO)N1. The van der Waals surface area contributed by atoms with Gasteiger partial charge in [0.15, 0.2) is 0 Å². The van der Waals surface area contributed by atoms with Crippen molar-refractivity contribution in [2.45, 2.75) is 18.5 Å². The minimum Gasteiger partial charge on any atom is -0.395 e. The summed E-state index contributed by atoms with van der Waals surface area (Å²) in [4.78, 5) is 7.13. The fourth-order valence-corrected chi connectivity index (χ4v) is 1.72. The van der Waals surface area contributed by atoms with E-state index in [2.05, 4.69) is 15.3 Å². The van der Waals surface area contributed by atoms with Gasteiger partial charge in [-0.3, -0.25) is 0 Å². The average molecular weight is 183 g/mol. The second-order valence-electron chi connectivity index (χ2n) is 3.25. The molecular weight excluding hydrogens is 170 g/mol. The summed E-state index contributed by atoms with van der Waals surface area (Å²) in [6.07, 6.45) is 2.36. The summed E-state index contributed by atoms with van der Waals surface area (Å²) in [6, 6.07) is -0.128. The van der Waals surface area contributed by atoms with E-state index in [4.69, 9.17) is 10.2 Å². The van der Waals surface area contributed by atoms with Crippen molar-refractivity contribution >= 4 is 0 Å². The van der Waals surface area contributed by atoms with Crippen LogP contribution >= 0.6 is 0 Å². The molecule has 2 heterocycles. The third kappa shape index (κ3) is 1.46. The summed E-state index contributed by atoms with van der Waals surface area (Å²) in [7, 11) is 0. The number of aliphatic hydroxyl groups excluding tert-OH is 2. The number of nitrogens with one attached hydrogen (secondary N) is 2. The van der Waals surface area contributed by atoms with E-state index >= 15 is 0 Å². The van der Waals surface area contributed by atoms with Crippen molar-refractivity contribution in [2.75, 3.05) is 13.2 Å². The van der Waals surface area contributed by atoms with Gasteiger partial charge in [-0.1, -0.05) is 0 Å². The van der Waals surface area contributed by atoms with Gasteiger partial charge in [-0.05, 0) is 0 Å². The van der Waals surface area contributed by atoms with Crippen molar-refractivity contribution in [1.29, 1.82) is 0 Å². The number of rotatable bonds is 2. The first-order chi connectivity index (χ1) is 6.35. The highest BCUT2D eigenvalue weighted by atomic mass is 16.3. The lowest BCUT2D eigenvalue weighted by molar-refractivity contribution is 0.181. The monoisotopic (exact) mass is 183 g/mol. The van der Waals surface area contributed by atoms with E-state index in [9.17, 15) is 0 Å². The highest BCUT2D eigenvalue weighted by Crippen LogP contribution is 2.21. The zero-order chi connectivity index (χ0) is 9.26. The Hall–Kier alpha value is -0.910. The highest BCUT2D eigenvalue weighted by Gasteiger charge is 2.27. The van der Waals surface area contributed by atoms with E-state index in [-0.39, 0.29) is 25.3 Å². The molecular formula is C8H13N3O2. The van der Waals surface area contributed by atoms with Crippen LogP contribution in [-0.4, -0.2) is 39.4 Å². The number of fused-ring (bicyclic) bond motifs is 1. The number of aromatic amines is 1. The third-order valence-corrected chi connectivity index (χ3v) is 2.37. The van der Waals surface area contributed by atoms with E-state index in [0.717, 1.165) is 17.8 Å². The van der Waals surface area contributed by atoms with Crippen molar-refractivity contribution in [3.63, 3.8) is 0 Å². The van der Waals surface area contributed by atoms with Crippen molar-refractivity contribution in [3.05, 3.63) is 17.7 Å². The predicted molar refractivity (Wildman–Crippen MR) is 46.1 cm³/mol. The first-order valence-electron chi connectivity index (χ1n) is 4.35. The highest BCUT2D eigenvalue weighted by molar-refractivity contribution is 5.20. The summed E-state index contributed by atoms with van der Waals surface area (Å²) in [6.45, 7) is 0.0866. The summed E-state index contributed by atoms with van der Waals surface area (Å²) in [5, 5.41) is 21.2. The van der Waals surface area contributed by atoms with Crippen LogP contribution in [-0.2, 0) is 6.42 Å². The molecule has 0 aromatic carbocycles. The molecule has 1 aromatic heterocycles. The minimum absolute atomic E-state index is 0.00829. The fraction of sp³-hybridized carbons (Fsp3) is 0.625. The van der Waals surface area contributed by atoms with E-state index < -0.39 is 0 Å². The van der Waals surface area contributed by atoms with Gasteiger partial charge in [-0.2, -0.15) is 0 Å². The Balaban J connectivity index is 2.25. The maximum absolute atomic E-state index is 9.07. The van der Waals surface area contributed by atoms with Crippen LogP contribution in [0.4, 0.5) is 0 Å². The second kappa shape index (κ2) is 3.45. The molecule has 1 aromatic rings. The molecule has 1 aliphatic heterocycles. The molecule has 0 spiro atoms. The minimum atomic E-state index is -0.146. The van der Waals surface area contributed by atoms with Gasteiger partial charge in [-0.25, -0.2) is 4.98 Å². The Labute approximate surface area is 75.8 Å². The number of nitrogens with zero attached hydrogens (tertiary/aromatic N) is 1. The van der Waals surface area contributed by atoms with Crippen LogP contribution in [0.25, 0.3) is 0 Å². The number of aliphatic hydroxyl groups is 2.